The van der Waals surface area contributed by atoms with Gasteiger partial charge in [0.2, 0.25) is 0 Å². The number of hydroxylamine groups is 2. The smallest absolute Gasteiger partial charge is 0.334 e. The molecule has 0 bridgehead atoms. The largest absolute Gasteiger partial charge is 0.709 e. The maximum absolute atomic E-state index is 11.8. The van der Waals surface area contributed by atoms with Gasteiger partial charge in [0.25, 0.3) is 32.1 Å². The number of hydrogen-bond donors (Lipinski definition) is 8. The van der Waals surface area contributed by atoms with E-state index in [2.05, 4.69) is 47.3 Å². The molecule has 101 heavy (non-hydrogen) atoms. The number of nitrogens with one attached hydrogen (secondary N) is 24. The van der Waals surface area contributed by atoms with Crippen molar-refractivity contribution in [1.82, 2.24) is 5.06 Å². The van der Waals surface area contributed by atoms with Gasteiger partial charge < -0.3 is 285 Å². The fourth-order valence-corrected chi connectivity index (χ4v) is 7.43. The molecule has 71 heteroatoms. The summed E-state index contributed by atoms with van der Waals surface area (Å²) in [4.78, 5) is 49.8. The zero-order valence-electron chi connectivity index (χ0n) is 49.6. The molecular formula is C30H75N26O18S27-23. The molecule has 1 saturated heterocycles. The van der Waals surface area contributed by atoms with E-state index in [1.54, 1.807) is 24.3 Å². The Morgan fingerprint density at radius 1 is 0.446 bits per heavy atom. The number of carboxylic acids is 1. The van der Waals surface area contributed by atoms with Crippen LogP contribution in [0.25, 0.3) is 135 Å². The number of fused-ring (bicyclic) bond motifs is 2. The Morgan fingerprint density at radius 3 is 0.901 bits per heavy atom. The van der Waals surface area contributed by atoms with E-state index in [1.165, 1.54) is 30.3 Å². The summed E-state index contributed by atoms with van der Waals surface area (Å²) in [5.74, 6) is -2.86. The monoisotopic (exact) mass is 1950 g/mol. The summed E-state index contributed by atoms with van der Waals surface area (Å²) >= 11 is 7.40. The highest BCUT2D eigenvalue weighted by Gasteiger charge is 2.32. The van der Waals surface area contributed by atoms with Crippen LogP contribution in [0.4, 0.5) is 11.4 Å². The lowest BCUT2D eigenvalue weighted by atomic mass is 10.1. The van der Waals surface area contributed by atoms with E-state index in [0.29, 0.717) is 51.3 Å². The van der Waals surface area contributed by atoms with Gasteiger partial charge in [-0.15, -0.1) is 13.7 Å². The molecule has 1 aliphatic heterocycles. The first-order valence-corrected chi connectivity index (χ1v) is 33.7. The van der Waals surface area contributed by atoms with Crippen LogP contribution in [0.15, 0.2) is 80.2 Å². The molecule has 1 aliphatic rings. The van der Waals surface area contributed by atoms with Crippen LogP contribution < -0.4 is 15.8 Å². The van der Waals surface area contributed by atoms with E-state index in [0.717, 1.165) is 6.07 Å². The third-order valence-corrected chi connectivity index (χ3v) is 10.1. The summed E-state index contributed by atoms with van der Waals surface area (Å²) in [5, 5.41) is 171. The van der Waals surface area contributed by atoms with Crippen molar-refractivity contribution in [3.63, 3.8) is 0 Å². The second-order valence-electron chi connectivity index (χ2n) is 12.0. The van der Waals surface area contributed by atoms with Crippen molar-refractivity contribution in [2.45, 2.75) is 45.3 Å². The molecule has 31 N–H and O–H groups in total. The molecule has 0 spiro atoms. The number of carboxylic acid groups (broad SMARTS) is 1. The SMILES string of the molecule is N[S-].O=C(CCNc1ccc2c(S(=O)(=O)O)cc(SOOO)cc2c1)ON1C(=O)CCC1=O.O=C(O)CCNc1ccc2c(S(=O)(=O)O)cc(SOOO)cc2c1.S.S.S.S.S.S.S.S.S.S.S.[NH-]S[NH-].[NH-]S[NH-].[NH-]S[NH-].[NH-]S[NH-].[NH-]S[NH-].[NH-]S[NH-].[NH-]S[NH-].[NH-]S[NH-].[NH-]S[NH-].[NH-]S[NH-].[NH-]S[NH-]. The van der Waals surface area contributed by atoms with Crippen molar-refractivity contribution in [2.24, 2.45) is 5.14 Å². The van der Waals surface area contributed by atoms with Crippen molar-refractivity contribution in [3.8, 4) is 0 Å². The van der Waals surface area contributed by atoms with Gasteiger partial charge in [0, 0.05) is 57.9 Å². The zero-order chi connectivity index (χ0) is 72.1. The molecule has 0 aliphatic carbocycles. The van der Waals surface area contributed by atoms with Gasteiger partial charge in [-0.3, -0.25) is 23.5 Å². The Bertz CT molecular complexity index is 2560. The predicted molar refractivity (Wildman–Crippen MR) is 494 cm³/mol. The maximum Gasteiger partial charge on any atom is 0.334 e. The van der Waals surface area contributed by atoms with E-state index in [-0.39, 0.29) is 351 Å². The molecule has 4 aromatic carbocycles. The molecule has 0 aromatic heterocycles. The second kappa shape index (κ2) is 116. The summed E-state index contributed by atoms with van der Waals surface area (Å²) in [7, 11) is -9.04. The summed E-state index contributed by atoms with van der Waals surface area (Å²) in [6.07, 6.45) is -0.222. The van der Waals surface area contributed by atoms with Gasteiger partial charge in [-0.25, -0.2) is 15.3 Å². The average molecular weight is 1950 g/mol. The molecule has 4 aromatic rings. The van der Waals surface area contributed by atoms with Crippen LogP contribution >= 0.6 is 306 Å². The normalized spacial score (nSPS) is 9.17. The number of hydrogen-bond acceptors (Lipinski definition) is 32. The Balaban J connectivity index is -0.0000000464. The van der Waals surface area contributed by atoms with Crippen LogP contribution in [0.5, 0.6) is 0 Å². The van der Waals surface area contributed by atoms with Gasteiger partial charge >= 0.3 is 11.9 Å². The van der Waals surface area contributed by atoms with Crippen molar-refractivity contribution < 1.29 is 84.3 Å². The van der Waals surface area contributed by atoms with Crippen LogP contribution in [0.1, 0.15) is 25.7 Å². The molecular weight excluding hydrogens is 1880 g/mol. The summed E-state index contributed by atoms with van der Waals surface area (Å²) < 4.78 is 73.9. The van der Waals surface area contributed by atoms with Crippen molar-refractivity contribution in [2.75, 3.05) is 23.7 Å². The number of nitrogens with two attached hydrogens (primary N) is 1. The van der Waals surface area contributed by atoms with E-state index >= 15 is 0 Å². The Morgan fingerprint density at radius 2 is 0.683 bits per heavy atom. The van der Waals surface area contributed by atoms with E-state index in [4.69, 9.17) is 134 Å². The Hall–Kier alpha value is 2.49. The highest BCUT2D eigenvalue weighted by atomic mass is 32.2. The zero-order valence-corrected chi connectivity index (χ0v) is 73.7. The summed E-state index contributed by atoms with van der Waals surface area (Å²) in [6.45, 7) is 0.295. The van der Waals surface area contributed by atoms with Gasteiger partial charge in [0.05, 0.1) is 36.9 Å². The number of carbonyl (C=O) groups is 4. The number of aliphatic carboxylic acids is 1. The molecule has 5 rings (SSSR count). The Labute approximate surface area is 724 Å². The van der Waals surface area contributed by atoms with Crippen LogP contribution in [-0.4, -0.2) is 83.5 Å². The number of nitrogens with zero attached hydrogens (tertiary/aromatic N) is 1. The fourth-order valence-electron chi connectivity index (χ4n) is 4.90. The second-order valence-corrected chi connectivity index (χ2v) is 18.6. The first-order valence-electron chi connectivity index (χ1n) is 19.9. The first kappa shape index (κ1) is 156. The topological polar surface area (TPSA) is 861 Å². The molecule has 0 unspecified atom stereocenters. The molecule has 44 nitrogen and oxygen atoms in total. The number of anilines is 2. The standard InChI is InChI=1S/C17H16N2O10S2.C13H13NO8S2.11H2N2S.H2NS.11H2S/c20-15-3-4-16(21)19(15)27-17(22)5-6-18-11-1-2-13-10(7-11)8-12(30-29-28-23)9-14(13)31(24,25)26;15-13(16)3-4-14-9-1-2-11-8(5-9)6-10(23-22-21-17)7-12(11)24(18,19)20;11*1-3-2;1-2;;;;;;;;;;;/h1-2,7-9,18,23H,3-6H2,(H,24,25,26);1-2,5-7,14,17H,3-4H2,(H,15,16)(H,18,19,20);11*1-2H;1H2;11*1H2/q;;11*-2;-1;;;;;;;;;;;. The van der Waals surface area contributed by atoms with Gasteiger partial charge in [0.1, 0.15) is 9.79 Å². The molecule has 1 heterocycles. The molecule has 2 amide bonds. The minimum absolute atomic E-state index is 0. The molecule has 1 fully saturated rings. The molecule has 0 atom stereocenters. The summed E-state index contributed by atoms with van der Waals surface area (Å²) in [6, 6.07) is 14.6. The minimum Gasteiger partial charge on any atom is -0.709 e. The number of benzene rings is 4. The quantitative estimate of drug-likeness (QED) is 0.00925. The van der Waals surface area contributed by atoms with Crippen LogP contribution in [0.2, 0.25) is 0 Å². The fraction of sp³-hybridized carbons (Fsp3) is 0.200. The van der Waals surface area contributed by atoms with Crippen LogP contribution in [-0.2, 0) is 75.8 Å². The van der Waals surface area contributed by atoms with Crippen LogP contribution in [0, 0.1) is 0 Å². The minimum atomic E-state index is -4.55. The summed E-state index contributed by atoms with van der Waals surface area (Å²) in [5.41, 5.74) is 1.09. The number of amides is 2. The third-order valence-electron chi connectivity index (χ3n) is 7.18. The van der Waals surface area contributed by atoms with Gasteiger partial charge in [-0.05, 0) is 59.3 Å². The van der Waals surface area contributed by atoms with Crippen molar-refractivity contribution >= 4 is 396 Å². The molecule has 0 radical (unpaired) electrons. The van der Waals surface area contributed by atoms with E-state index in [9.17, 15) is 45.1 Å². The van der Waals surface area contributed by atoms with Crippen molar-refractivity contribution in [1.29, 1.82) is 0 Å². The highest BCUT2D eigenvalue weighted by Crippen LogP contribution is 2.34. The maximum atomic E-state index is 11.8. The number of imide groups is 1. The van der Waals surface area contributed by atoms with Crippen LogP contribution in [0.3, 0.4) is 0 Å². The van der Waals surface area contributed by atoms with Gasteiger partial charge in [-0.2, -0.15) is 165 Å². The van der Waals surface area contributed by atoms with Gasteiger partial charge in [-0.1, -0.05) is 22.2 Å². The molecule has 0 saturated carbocycles. The third kappa shape index (κ3) is 100. The average Bonchev–Trinajstić information content (AvgIpc) is 1.34. The van der Waals surface area contributed by atoms with Gasteiger partial charge in [0.15, 0.2) is 0 Å². The lowest BCUT2D eigenvalue weighted by molar-refractivity contribution is -0.432. The lowest BCUT2D eigenvalue weighted by Crippen LogP contribution is -2.32. The van der Waals surface area contributed by atoms with E-state index in [1.807, 2.05) is 0 Å². The first-order chi connectivity index (χ1) is 42.5. The lowest BCUT2D eigenvalue weighted by Gasteiger charge is -2.13. The highest BCUT2D eigenvalue weighted by molar-refractivity contribution is 8.04. The number of rotatable bonds is 17. The van der Waals surface area contributed by atoms with Crippen molar-refractivity contribution in [3.05, 3.63) is 174 Å². The predicted octanol–water partition coefficient (Wildman–Crippen LogP) is 23.2. The Kier molecular flexibility index (Phi) is 179. The van der Waals surface area contributed by atoms with E-state index < -0.39 is 44.0 Å². The number of carbonyl (C=O) groups excluding carboxylic acids is 3. The molecule has 618 valence electrons.